The average molecular weight is 485 g/mol. The van der Waals surface area contributed by atoms with Gasteiger partial charge in [0.1, 0.15) is 16.6 Å². The van der Waals surface area contributed by atoms with Gasteiger partial charge in [-0.3, -0.25) is 4.79 Å². The van der Waals surface area contributed by atoms with Gasteiger partial charge >= 0.3 is 0 Å². The highest BCUT2D eigenvalue weighted by molar-refractivity contribution is 7.89. The van der Waals surface area contributed by atoms with Crippen LogP contribution in [0.3, 0.4) is 0 Å². The summed E-state index contributed by atoms with van der Waals surface area (Å²) in [6, 6.07) is 9.98. The lowest BCUT2D eigenvalue weighted by atomic mass is 10.2. The fourth-order valence-corrected chi connectivity index (χ4v) is 6.41. The van der Waals surface area contributed by atoms with Crippen molar-refractivity contribution in [1.29, 1.82) is 5.26 Å². The van der Waals surface area contributed by atoms with Crippen molar-refractivity contribution in [2.24, 2.45) is 0 Å². The second-order valence-corrected chi connectivity index (χ2v) is 10.8. The number of amides is 1. The molecule has 4 rings (SSSR count). The summed E-state index contributed by atoms with van der Waals surface area (Å²) < 4.78 is 27.3. The van der Waals surface area contributed by atoms with E-state index in [1.165, 1.54) is 33.9 Å². The number of hydrogen-bond acceptors (Lipinski definition) is 7. The molecule has 1 N–H and O–H groups in total. The molecule has 0 radical (unpaired) electrons. The number of carbonyl (C=O) groups excluding carboxylic acids is 1. The van der Waals surface area contributed by atoms with Gasteiger partial charge in [-0.25, -0.2) is 13.4 Å². The number of benzene rings is 1. The maximum Gasteiger partial charge on any atom is 0.266 e. The number of thiazole rings is 1. The van der Waals surface area contributed by atoms with Crippen LogP contribution in [0.5, 0.6) is 0 Å². The topological polar surface area (TPSA) is 103 Å². The van der Waals surface area contributed by atoms with Gasteiger partial charge in [-0.1, -0.05) is 12.5 Å². The first-order valence-corrected chi connectivity index (χ1v) is 13.2. The Kier molecular flexibility index (Phi) is 6.81. The average Bonchev–Trinajstić information content (AvgIpc) is 3.50. The van der Waals surface area contributed by atoms with Crippen molar-refractivity contribution in [3.8, 4) is 16.6 Å². The van der Waals surface area contributed by atoms with E-state index in [2.05, 4.69) is 10.3 Å². The summed E-state index contributed by atoms with van der Waals surface area (Å²) in [5.41, 5.74) is 1.71. The second-order valence-electron chi connectivity index (χ2n) is 7.21. The summed E-state index contributed by atoms with van der Waals surface area (Å²) in [5.74, 6) is -0.620. The number of nitriles is 1. The lowest BCUT2D eigenvalue weighted by Crippen LogP contribution is -2.35. The minimum absolute atomic E-state index is 0.114. The molecule has 32 heavy (non-hydrogen) atoms. The molecule has 1 amide bonds. The first-order valence-electron chi connectivity index (χ1n) is 9.99. The van der Waals surface area contributed by atoms with Crippen LogP contribution >= 0.6 is 22.7 Å². The van der Waals surface area contributed by atoms with Gasteiger partial charge in [-0.15, -0.1) is 11.3 Å². The number of thiophene rings is 1. The van der Waals surface area contributed by atoms with Crippen LogP contribution in [0, 0.1) is 11.3 Å². The molecule has 3 aromatic rings. The molecule has 0 spiro atoms. The monoisotopic (exact) mass is 484 g/mol. The Balaban J connectivity index is 1.51. The van der Waals surface area contributed by atoms with E-state index >= 15 is 0 Å². The van der Waals surface area contributed by atoms with Crippen LogP contribution in [-0.2, 0) is 14.8 Å². The number of piperidine rings is 1. The molecule has 2 aromatic heterocycles. The number of hydrogen-bond donors (Lipinski definition) is 1. The highest BCUT2D eigenvalue weighted by Crippen LogP contribution is 2.27. The second kappa shape index (κ2) is 9.75. The molecule has 0 bridgehead atoms. The van der Waals surface area contributed by atoms with Crippen molar-refractivity contribution in [3.05, 3.63) is 57.7 Å². The Morgan fingerprint density at radius 2 is 2.00 bits per heavy atom. The number of nitrogens with zero attached hydrogens (tertiary/aromatic N) is 3. The molecule has 0 saturated carbocycles. The highest BCUT2D eigenvalue weighted by Gasteiger charge is 2.26. The number of rotatable bonds is 6. The van der Waals surface area contributed by atoms with Crippen molar-refractivity contribution in [2.45, 2.75) is 24.2 Å². The maximum absolute atomic E-state index is 12.9. The molecule has 1 aliphatic heterocycles. The third-order valence-corrected chi connectivity index (χ3v) is 8.48. The van der Waals surface area contributed by atoms with Crippen LogP contribution in [-0.4, -0.2) is 36.7 Å². The van der Waals surface area contributed by atoms with Crippen LogP contribution in [0.4, 0.5) is 5.69 Å². The summed E-state index contributed by atoms with van der Waals surface area (Å²) in [7, 11) is -3.62. The molecular weight excluding hydrogens is 464 g/mol. The van der Waals surface area contributed by atoms with Gasteiger partial charge in [-0.2, -0.15) is 20.9 Å². The molecule has 10 heteroatoms. The van der Waals surface area contributed by atoms with Crippen LogP contribution in [0.1, 0.15) is 25.0 Å². The van der Waals surface area contributed by atoms with Crippen molar-refractivity contribution in [1.82, 2.24) is 9.29 Å². The molecule has 1 aromatic carbocycles. The van der Waals surface area contributed by atoms with E-state index in [1.807, 2.05) is 22.9 Å². The Bertz CT molecular complexity index is 1280. The zero-order valence-electron chi connectivity index (χ0n) is 17.0. The van der Waals surface area contributed by atoms with Gasteiger partial charge in [0.15, 0.2) is 0 Å². The van der Waals surface area contributed by atoms with Crippen LogP contribution in [0.25, 0.3) is 16.6 Å². The van der Waals surface area contributed by atoms with Crippen molar-refractivity contribution in [2.75, 3.05) is 18.4 Å². The van der Waals surface area contributed by atoms with Crippen LogP contribution in [0.2, 0.25) is 0 Å². The van der Waals surface area contributed by atoms with Gasteiger partial charge in [0.25, 0.3) is 5.91 Å². The fraction of sp³-hybridized carbons (Fsp3) is 0.227. The smallest absolute Gasteiger partial charge is 0.266 e. The summed E-state index contributed by atoms with van der Waals surface area (Å²) in [6.45, 7) is 1.00. The predicted molar refractivity (Wildman–Crippen MR) is 127 cm³/mol. The zero-order valence-corrected chi connectivity index (χ0v) is 19.5. The molecule has 0 atom stereocenters. The summed E-state index contributed by atoms with van der Waals surface area (Å²) in [4.78, 5) is 17.2. The Labute approximate surface area is 194 Å². The number of anilines is 1. The zero-order chi connectivity index (χ0) is 22.6. The standard InChI is InChI=1S/C22H20N4O3S3/c23-13-17(11-19-15-31-22(25-19)16-7-10-30-14-16)21(27)24-18-5-4-6-20(12-18)32(28,29)26-8-2-1-3-9-26/h4-7,10-12,14-15H,1-3,8-9H2,(H,24,27)/b17-11+. The normalized spacial score (nSPS) is 15.3. The van der Waals surface area contributed by atoms with Gasteiger partial charge in [0, 0.05) is 35.1 Å². The SMILES string of the molecule is N#C/C(=C\c1csc(-c2ccsc2)n1)C(=O)Nc1cccc(S(=O)(=O)N2CCCCC2)c1. The summed E-state index contributed by atoms with van der Waals surface area (Å²) in [6.07, 6.45) is 4.14. The van der Waals surface area contributed by atoms with E-state index in [-0.39, 0.29) is 10.5 Å². The van der Waals surface area contributed by atoms with Gasteiger partial charge in [-0.05, 0) is 48.6 Å². The van der Waals surface area contributed by atoms with Crippen molar-refractivity contribution < 1.29 is 13.2 Å². The minimum atomic E-state index is -3.62. The van der Waals surface area contributed by atoms with E-state index in [4.69, 9.17) is 0 Å². The van der Waals surface area contributed by atoms with E-state index in [1.54, 1.807) is 28.8 Å². The number of aromatic nitrogens is 1. The molecule has 1 saturated heterocycles. The minimum Gasteiger partial charge on any atom is -0.321 e. The maximum atomic E-state index is 12.9. The lowest BCUT2D eigenvalue weighted by Gasteiger charge is -2.26. The molecular formula is C22H20N4O3S3. The lowest BCUT2D eigenvalue weighted by molar-refractivity contribution is -0.112. The van der Waals surface area contributed by atoms with Crippen LogP contribution < -0.4 is 5.32 Å². The third-order valence-electron chi connectivity index (χ3n) is 4.99. The van der Waals surface area contributed by atoms with Crippen molar-refractivity contribution in [3.63, 3.8) is 0 Å². The molecule has 0 aliphatic carbocycles. The Morgan fingerprint density at radius 1 is 1.19 bits per heavy atom. The predicted octanol–water partition coefficient (Wildman–Crippen LogP) is 4.59. The van der Waals surface area contributed by atoms with Crippen molar-refractivity contribution >= 4 is 50.4 Å². The molecule has 1 fully saturated rings. The molecule has 0 unspecified atom stereocenters. The van der Waals surface area contributed by atoms with E-state index < -0.39 is 15.9 Å². The molecule has 7 nitrogen and oxygen atoms in total. The summed E-state index contributed by atoms with van der Waals surface area (Å²) in [5, 5.41) is 18.6. The third kappa shape index (κ3) is 4.97. The first-order chi connectivity index (χ1) is 15.5. The van der Waals surface area contributed by atoms with E-state index in [0.29, 0.717) is 24.5 Å². The first kappa shape index (κ1) is 22.4. The molecule has 164 valence electrons. The van der Waals surface area contributed by atoms with E-state index in [9.17, 15) is 18.5 Å². The van der Waals surface area contributed by atoms with Gasteiger partial charge in [0.05, 0.1) is 10.6 Å². The highest BCUT2D eigenvalue weighted by atomic mass is 32.2. The van der Waals surface area contributed by atoms with E-state index in [0.717, 1.165) is 29.8 Å². The summed E-state index contributed by atoms with van der Waals surface area (Å²) >= 11 is 3.00. The van der Waals surface area contributed by atoms with Gasteiger partial charge in [0.2, 0.25) is 10.0 Å². The molecule has 1 aliphatic rings. The fourth-order valence-electron chi connectivity index (χ4n) is 3.35. The Morgan fingerprint density at radius 3 is 2.72 bits per heavy atom. The van der Waals surface area contributed by atoms with Gasteiger partial charge < -0.3 is 5.32 Å². The number of carbonyl (C=O) groups is 1. The number of sulfonamides is 1. The number of nitrogens with one attached hydrogen (secondary N) is 1. The largest absolute Gasteiger partial charge is 0.321 e. The van der Waals surface area contributed by atoms with Crippen LogP contribution in [0.15, 0.2) is 56.9 Å². The quantitative estimate of drug-likeness (QED) is 0.407. The molecule has 3 heterocycles. The Hall–Kier alpha value is -2.84.